The molecule has 2 fully saturated rings. The maximum Gasteiger partial charge on any atom is 0.453 e. The summed E-state index contributed by atoms with van der Waals surface area (Å²) in [5.74, 6) is 1.49. The van der Waals surface area contributed by atoms with Crippen LogP contribution in [0.1, 0.15) is 38.4 Å². The molecule has 4 atom stereocenters. The first kappa shape index (κ1) is 14.7. The Labute approximate surface area is 131 Å². The number of nitrogens with zero attached hydrogens (tertiary/aromatic N) is 4. The highest BCUT2D eigenvalue weighted by molar-refractivity contribution is 5.44. The van der Waals surface area contributed by atoms with Crippen molar-refractivity contribution in [1.82, 2.24) is 19.8 Å². The van der Waals surface area contributed by atoms with Crippen LogP contribution in [0, 0.1) is 17.8 Å². The zero-order chi connectivity index (χ0) is 16.2. The van der Waals surface area contributed by atoms with E-state index in [4.69, 9.17) is 0 Å². The van der Waals surface area contributed by atoms with Crippen LogP contribution in [-0.4, -0.2) is 25.9 Å². The van der Waals surface area contributed by atoms with Gasteiger partial charge in [0, 0.05) is 6.04 Å². The summed E-state index contributed by atoms with van der Waals surface area (Å²) in [7, 11) is 0. The van der Waals surface area contributed by atoms with Gasteiger partial charge in [0.15, 0.2) is 5.65 Å². The highest BCUT2D eigenvalue weighted by Crippen LogP contribution is 2.49. The lowest BCUT2D eigenvalue weighted by Gasteiger charge is -2.28. The van der Waals surface area contributed by atoms with Gasteiger partial charge in [0.2, 0.25) is 0 Å². The minimum absolute atomic E-state index is 0.0930. The van der Waals surface area contributed by atoms with E-state index in [1.54, 1.807) is 6.07 Å². The van der Waals surface area contributed by atoms with Gasteiger partial charge in [0.25, 0.3) is 5.82 Å². The number of fused-ring (bicyclic) bond motifs is 3. The van der Waals surface area contributed by atoms with E-state index >= 15 is 0 Å². The Balaban J connectivity index is 1.57. The number of rotatable bonds is 3. The van der Waals surface area contributed by atoms with Crippen LogP contribution < -0.4 is 5.32 Å². The molecular weight excluding hydrogens is 307 g/mol. The molecule has 1 N–H and O–H groups in total. The van der Waals surface area contributed by atoms with E-state index in [2.05, 4.69) is 27.5 Å². The van der Waals surface area contributed by atoms with Gasteiger partial charge in [0.1, 0.15) is 5.82 Å². The summed E-state index contributed by atoms with van der Waals surface area (Å²) < 4.78 is 39.5. The molecule has 4 unspecified atom stereocenters. The van der Waals surface area contributed by atoms with Gasteiger partial charge in [-0.1, -0.05) is 6.42 Å². The summed E-state index contributed by atoms with van der Waals surface area (Å²) in [5.41, 5.74) is 0.0930. The minimum atomic E-state index is -4.57. The number of anilines is 1. The number of alkyl halides is 3. The van der Waals surface area contributed by atoms with Crippen LogP contribution >= 0.6 is 0 Å². The molecule has 0 radical (unpaired) electrons. The third kappa shape index (κ3) is 2.53. The van der Waals surface area contributed by atoms with Crippen LogP contribution in [-0.2, 0) is 6.18 Å². The van der Waals surface area contributed by atoms with Crippen molar-refractivity contribution < 1.29 is 13.2 Å². The van der Waals surface area contributed by atoms with Crippen LogP contribution in [0.4, 0.5) is 19.0 Å². The van der Waals surface area contributed by atoms with Crippen LogP contribution in [0.5, 0.6) is 0 Å². The maximum atomic E-state index is 12.9. The summed E-state index contributed by atoms with van der Waals surface area (Å²) in [6, 6.07) is 3.36. The van der Waals surface area contributed by atoms with Crippen molar-refractivity contribution in [3.8, 4) is 0 Å². The Morgan fingerprint density at radius 3 is 2.70 bits per heavy atom. The number of hydrogen-bond acceptors (Lipinski definition) is 4. The summed E-state index contributed by atoms with van der Waals surface area (Å²) >= 11 is 0. The largest absolute Gasteiger partial charge is 0.453 e. The molecule has 0 amide bonds. The number of nitrogens with one attached hydrogen (secondary N) is 1. The second-order valence-electron chi connectivity index (χ2n) is 6.78. The van der Waals surface area contributed by atoms with Crippen LogP contribution in [0.15, 0.2) is 12.1 Å². The van der Waals surface area contributed by atoms with Gasteiger partial charge in [-0.15, -0.1) is 15.3 Å². The van der Waals surface area contributed by atoms with Gasteiger partial charge < -0.3 is 5.32 Å². The Hall–Kier alpha value is -1.86. The van der Waals surface area contributed by atoms with Gasteiger partial charge in [-0.3, -0.25) is 0 Å². The topological polar surface area (TPSA) is 55.1 Å². The molecule has 2 aliphatic carbocycles. The van der Waals surface area contributed by atoms with Gasteiger partial charge >= 0.3 is 6.18 Å². The average Bonchev–Trinajstić information content (AvgIpc) is 3.20. The monoisotopic (exact) mass is 325 g/mol. The average molecular weight is 325 g/mol. The summed E-state index contributed by atoms with van der Waals surface area (Å²) in [5, 5.41) is 14.0. The fourth-order valence-corrected chi connectivity index (χ4v) is 4.29. The predicted octanol–water partition coefficient (Wildman–Crippen LogP) is 3.38. The van der Waals surface area contributed by atoms with E-state index in [-0.39, 0.29) is 11.7 Å². The highest BCUT2D eigenvalue weighted by atomic mass is 19.4. The molecule has 2 heterocycles. The Bertz CT molecular complexity index is 725. The first-order valence-electron chi connectivity index (χ1n) is 7.98. The lowest BCUT2D eigenvalue weighted by molar-refractivity contribution is -0.146. The molecule has 23 heavy (non-hydrogen) atoms. The molecule has 2 aromatic heterocycles. The molecule has 5 nitrogen and oxygen atoms in total. The molecule has 0 spiro atoms. The van der Waals surface area contributed by atoms with Crippen molar-refractivity contribution in [2.45, 2.75) is 44.8 Å². The lowest BCUT2D eigenvalue weighted by atomic mass is 9.84. The van der Waals surface area contributed by atoms with E-state index < -0.39 is 12.0 Å². The number of halogens is 3. The van der Waals surface area contributed by atoms with Crippen molar-refractivity contribution in [2.24, 2.45) is 17.8 Å². The predicted molar refractivity (Wildman–Crippen MR) is 77.8 cm³/mol. The molecule has 0 aromatic carbocycles. The van der Waals surface area contributed by atoms with Crippen molar-refractivity contribution in [3.05, 3.63) is 18.0 Å². The fraction of sp³-hybridized carbons (Fsp3) is 0.667. The molecule has 2 saturated carbocycles. The molecule has 4 rings (SSSR count). The van der Waals surface area contributed by atoms with E-state index in [1.807, 2.05) is 0 Å². The smallest absolute Gasteiger partial charge is 0.366 e. The quantitative estimate of drug-likeness (QED) is 0.940. The van der Waals surface area contributed by atoms with E-state index in [1.165, 1.54) is 31.7 Å². The van der Waals surface area contributed by atoms with Crippen molar-refractivity contribution in [3.63, 3.8) is 0 Å². The lowest BCUT2D eigenvalue weighted by Crippen LogP contribution is -2.30. The summed E-state index contributed by atoms with van der Waals surface area (Å²) in [6.07, 6.45) is 0.542. The second-order valence-corrected chi connectivity index (χ2v) is 6.78. The van der Waals surface area contributed by atoms with E-state index in [0.29, 0.717) is 11.7 Å². The molecule has 2 aromatic rings. The zero-order valence-corrected chi connectivity index (χ0v) is 12.7. The molecule has 0 saturated heterocycles. The van der Waals surface area contributed by atoms with Gasteiger partial charge in [0.05, 0.1) is 0 Å². The number of hydrogen-bond donors (Lipinski definition) is 1. The van der Waals surface area contributed by atoms with Crippen molar-refractivity contribution in [2.75, 3.05) is 5.32 Å². The van der Waals surface area contributed by atoms with Crippen LogP contribution in [0.3, 0.4) is 0 Å². The Morgan fingerprint density at radius 1 is 1.22 bits per heavy atom. The molecule has 2 aliphatic rings. The van der Waals surface area contributed by atoms with E-state index in [9.17, 15) is 13.2 Å². The standard InChI is InChI=1S/C15H18F3N5/c1-8(11-7-9-2-3-10(11)6-9)19-12-4-5-13-20-21-14(15(16,17)18)23(13)22-12/h4-5,8-11H,2-3,6-7H2,1H3,(H,19,22). The Morgan fingerprint density at radius 2 is 2.04 bits per heavy atom. The van der Waals surface area contributed by atoms with Crippen LogP contribution in [0.2, 0.25) is 0 Å². The normalized spacial score (nSPS) is 28.4. The minimum Gasteiger partial charge on any atom is -0.366 e. The molecule has 124 valence electrons. The van der Waals surface area contributed by atoms with Crippen LogP contribution in [0.25, 0.3) is 5.65 Å². The van der Waals surface area contributed by atoms with Crippen molar-refractivity contribution in [1.29, 1.82) is 0 Å². The zero-order valence-electron chi connectivity index (χ0n) is 12.7. The molecule has 0 aliphatic heterocycles. The first-order valence-corrected chi connectivity index (χ1v) is 7.98. The van der Waals surface area contributed by atoms with Gasteiger partial charge in [-0.25, -0.2) is 0 Å². The third-order valence-corrected chi connectivity index (χ3v) is 5.33. The summed E-state index contributed by atoms with van der Waals surface area (Å²) in [6.45, 7) is 2.09. The third-order valence-electron chi connectivity index (χ3n) is 5.33. The first-order chi connectivity index (χ1) is 10.9. The fourth-order valence-electron chi connectivity index (χ4n) is 4.29. The molecule has 2 bridgehead atoms. The second kappa shape index (κ2) is 5.07. The Kier molecular flexibility index (Phi) is 3.24. The van der Waals surface area contributed by atoms with Gasteiger partial charge in [-0.05, 0) is 56.1 Å². The van der Waals surface area contributed by atoms with Gasteiger partial charge in [-0.2, -0.15) is 17.7 Å². The maximum absolute atomic E-state index is 12.9. The van der Waals surface area contributed by atoms with Crippen molar-refractivity contribution >= 4 is 11.5 Å². The SMILES string of the molecule is CC(Nc1ccc2nnc(C(F)(F)F)n2n1)C1CC2CCC1C2. The summed E-state index contributed by atoms with van der Waals surface area (Å²) in [4.78, 5) is 0. The van der Waals surface area contributed by atoms with E-state index in [0.717, 1.165) is 16.4 Å². The molecular formula is C15H18F3N5. The molecule has 8 heteroatoms. The number of aromatic nitrogens is 4. The highest BCUT2D eigenvalue weighted by Gasteiger charge is 2.42.